The average molecular weight is 274 g/mol. The van der Waals surface area contributed by atoms with E-state index in [0.717, 1.165) is 6.07 Å². The Morgan fingerprint density at radius 1 is 1.32 bits per heavy atom. The number of anilines is 1. The van der Waals surface area contributed by atoms with Gasteiger partial charge in [0.1, 0.15) is 0 Å². The maximum atomic E-state index is 12.7. The minimum Gasteiger partial charge on any atom is -0.394 e. The van der Waals surface area contributed by atoms with Gasteiger partial charge in [-0.3, -0.25) is 0 Å². The lowest BCUT2D eigenvalue weighted by atomic mass is 10.1. The van der Waals surface area contributed by atoms with Gasteiger partial charge in [-0.1, -0.05) is 12.1 Å². The molecule has 4 nitrogen and oxygen atoms in total. The van der Waals surface area contributed by atoms with Gasteiger partial charge in [-0.05, 0) is 25.0 Å². The van der Waals surface area contributed by atoms with Crippen LogP contribution in [0.15, 0.2) is 24.3 Å². The van der Waals surface area contributed by atoms with Gasteiger partial charge in [-0.15, -0.1) is 0 Å². The van der Waals surface area contributed by atoms with Crippen molar-refractivity contribution < 1.29 is 23.1 Å². The van der Waals surface area contributed by atoms with Crippen LogP contribution >= 0.6 is 0 Å². The van der Waals surface area contributed by atoms with Crippen molar-refractivity contribution in [3.8, 4) is 0 Å². The minimum atomic E-state index is -4.53. The third kappa shape index (κ3) is 3.17. The molecule has 0 radical (unpaired) electrons. The number of benzene rings is 1. The predicted molar refractivity (Wildman–Crippen MR) is 62.6 cm³/mol. The van der Waals surface area contributed by atoms with Crippen molar-refractivity contribution in [1.29, 1.82) is 0 Å². The van der Waals surface area contributed by atoms with E-state index in [9.17, 15) is 18.0 Å². The highest BCUT2D eigenvalue weighted by Crippen LogP contribution is 2.36. The molecular weight excluding hydrogens is 261 g/mol. The summed E-state index contributed by atoms with van der Waals surface area (Å²) in [7, 11) is 0. The monoisotopic (exact) mass is 274 g/mol. The number of rotatable bonds is 3. The highest BCUT2D eigenvalue weighted by Gasteiger charge is 2.43. The smallest absolute Gasteiger partial charge is 0.394 e. The Kier molecular flexibility index (Phi) is 3.40. The van der Waals surface area contributed by atoms with Crippen LogP contribution in [0.1, 0.15) is 18.4 Å². The van der Waals surface area contributed by atoms with Crippen molar-refractivity contribution in [2.75, 3.05) is 11.9 Å². The second kappa shape index (κ2) is 4.73. The summed E-state index contributed by atoms with van der Waals surface area (Å²) in [6.07, 6.45) is -3.28. The molecule has 0 heterocycles. The third-order valence-electron chi connectivity index (χ3n) is 3.02. The number of halogens is 3. The first-order valence-corrected chi connectivity index (χ1v) is 5.73. The molecule has 7 heteroatoms. The molecule has 3 N–H and O–H groups in total. The number of hydrogen-bond donors (Lipinski definition) is 3. The molecule has 0 aromatic heterocycles. The molecule has 0 saturated heterocycles. The quantitative estimate of drug-likeness (QED) is 0.792. The number of amides is 2. The Balaban J connectivity index is 2.09. The molecule has 1 saturated carbocycles. The number of carbonyl (C=O) groups is 1. The fraction of sp³-hybridized carbons (Fsp3) is 0.417. The van der Waals surface area contributed by atoms with Gasteiger partial charge in [-0.25, -0.2) is 4.79 Å². The van der Waals surface area contributed by atoms with Crippen LogP contribution < -0.4 is 10.6 Å². The van der Waals surface area contributed by atoms with Gasteiger partial charge >= 0.3 is 12.2 Å². The first-order chi connectivity index (χ1) is 8.86. The Morgan fingerprint density at radius 2 is 1.95 bits per heavy atom. The number of aliphatic hydroxyl groups excluding tert-OH is 1. The second-order valence-electron chi connectivity index (χ2n) is 4.56. The van der Waals surface area contributed by atoms with Gasteiger partial charge in [0, 0.05) is 0 Å². The van der Waals surface area contributed by atoms with Gasteiger partial charge in [0.15, 0.2) is 0 Å². The zero-order valence-corrected chi connectivity index (χ0v) is 9.92. The Bertz CT molecular complexity index is 484. The molecule has 0 atom stereocenters. The maximum Gasteiger partial charge on any atom is 0.418 e. The number of urea groups is 1. The number of nitrogens with one attached hydrogen (secondary N) is 2. The molecule has 0 spiro atoms. The van der Waals surface area contributed by atoms with E-state index in [-0.39, 0.29) is 12.3 Å². The molecule has 2 amide bonds. The van der Waals surface area contributed by atoms with E-state index in [1.807, 2.05) is 0 Å². The molecule has 19 heavy (non-hydrogen) atoms. The molecule has 2 rings (SSSR count). The van der Waals surface area contributed by atoms with E-state index in [0.29, 0.717) is 12.8 Å². The number of para-hydroxylation sites is 1. The van der Waals surface area contributed by atoms with Crippen LogP contribution in [0.4, 0.5) is 23.7 Å². The fourth-order valence-electron chi connectivity index (χ4n) is 1.71. The maximum absolute atomic E-state index is 12.7. The first-order valence-electron chi connectivity index (χ1n) is 5.73. The molecule has 1 fully saturated rings. The lowest BCUT2D eigenvalue weighted by Crippen LogP contribution is -2.42. The van der Waals surface area contributed by atoms with E-state index in [2.05, 4.69) is 10.6 Å². The molecule has 1 aliphatic carbocycles. The fourth-order valence-corrected chi connectivity index (χ4v) is 1.71. The topological polar surface area (TPSA) is 61.4 Å². The summed E-state index contributed by atoms with van der Waals surface area (Å²) in [6.45, 7) is -0.221. The van der Waals surface area contributed by atoms with Crippen LogP contribution in [0.2, 0.25) is 0 Å². The summed E-state index contributed by atoms with van der Waals surface area (Å²) in [5.41, 5.74) is -1.88. The summed E-state index contributed by atoms with van der Waals surface area (Å²) in [5, 5.41) is 13.7. The number of alkyl halides is 3. The number of hydrogen-bond acceptors (Lipinski definition) is 2. The Hall–Kier alpha value is -1.76. The van der Waals surface area contributed by atoms with Crippen molar-refractivity contribution >= 4 is 11.7 Å². The minimum absolute atomic E-state index is 0.221. The van der Waals surface area contributed by atoms with E-state index in [4.69, 9.17) is 5.11 Å². The lowest BCUT2D eigenvalue weighted by Gasteiger charge is -2.17. The molecule has 0 aliphatic heterocycles. The van der Waals surface area contributed by atoms with E-state index in [1.165, 1.54) is 18.2 Å². The van der Waals surface area contributed by atoms with Crippen molar-refractivity contribution in [1.82, 2.24) is 5.32 Å². The van der Waals surface area contributed by atoms with E-state index >= 15 is 0 Å². The molecule has 1 aliphatic rings. The van der Waals surface area contributed by atoms with Gasteiger partial charge in [0.05, 0.1) is 23.4 Å². The summed E-state index contributed by atoms with van der Waals surface area (Å²) >= 11 is 0. The summed E-state index contributed by atoms with van der Waals surface area (Å²) in [4.78, 5) is 11.6. The van der Waals surface area contributed by atoms with Crippen LogP contribution in [-0.2, 0) is 6.18 Å². The first kappa shape index (κ1) is 13.7. The van der Waals surface area contributed by atoms with Crippen LogP contribution in [0, 0.1) is 0 Å². The summed E-state index contributed by atoms with van der Waals surface area (Å²) < 4.78 is 38.1. The average Bonchev–Trinajstić information content (AvgIpc) is 3.08. The van der Waals surface area contributed by atoms with Gasteiger partial charge in [0.25, 0.3) is 0 Å². The van der Waals surface area contributed by atoms with Crippen molar-refractivity contribution in [2.24, 2.45) is 0 Å². The number of aliphatic hydroxyl groups is 1. The van der Waals surface area contributed by atoms with Crippen molar-refractivity contribution in [3.63, 3.8) is 0 Å². The summed E-state index contributed by atoms with van der Waals surface area (Å²) in [5.74, 6) is 0. The SMILES string of the molecule is O=C(Nc1ccccc1C(F)(F)F)NC1(CO)CC1. The molecular formula is C12H13F3N2O2. The molecule has 104 valence electrons. The zero-order valence-electron chi connectivity index (χ0n) is 9.92. The summed E-state index contributed by atoms with van der Waals surface area (Å²) in [6, 6.07) is 3.99. The third-order valence-corrected chi connectivity index (χ3v) is 3.02. The highest BCUT2D eigenvalue weighted by molar-refractivity contribution is 5.91. The predicted octanol–water partition coefficient (Wildman–Crippen LogP) is 2.35. The van der Waals surface area contributed by atoms with Crippen LogP contribution in [0.25, 0.3) is 0 Å². The van der Waals surface area contributed by atoms with E-state index in [1.54, 1.807) is 0 Å². The van der Waals surface area contributed by atoms with E-state index < -0.39 is 23.3 Å². The van der Waals surface area contributed by atoms with Crippen molar-refractivity contribution in [2.45, 2.75) is 24.6 Å². The molecule has 0 bridgehead atoms. The Labute approximate surface area is 107 Å². The van der Waals surface area contributed by atoms with Gasteiger partial charge in [-0.2, -0.15) is 13.2 Å². The standard InChI is InChI=1S/C12H13F3N2O2/c13-12(14,15)8-3-1-2-4-9(8)16-10(19)17-11(7-18)5-6-11/h1-4,18H,5-7H2,(H2,16,17,19). The van der Waals surface area contributed by atoms with Crippen LogP contribution in [0.3, 0.4) is 0 Å². The zero-order chi connectivity index (χ0) is 14.1. The van der Waals surface area contributed by atoms with Crippen LogP contribution in [0.5, 0.6) is 0 Å². The molecule has 1 aromatic rings. The number of carbonyl (C=O) groups excluding carboxylic acids is 1. The largest absolute Gasteiger partial charge is 0.418 e. The van der Waals surface area contributed by atoms with Crippen LogP contribution in [-0.4, -0.2) is 23.3 Å². The van der Waals surface area contributed by atoms with Crippen molar-refractivity contribution in [3.05, 3.63) is 29.8 Å². The highest BCUT2D eigenvalue weighted by atomic mass is 19.4. The second-order valence-corrected chi connectivity index (χ2v) is 4.56. The van der Waals surface area contributed by atoms with Gasteiger partial charge < -0.3 is 15.7 Å². The lowest BCUT2D eigenvalue weighted by molar-refractivity contribution is -0.136. The Morgan fingerprint density at radius 3 is 2.47 bits per heavy atom. The normalized spacial score (nSPS) is 16.8. The molecule has 0 unspecified atom stereocenters. The molecule has 1 aromatic carbocycles. The van der Waals surface area contributed by atoms with Gasteiger partial charge in [0.2, 0.25) is 0 Å².